The van der Waals surface area contributed by atoms with Crippen LogP contribution in [0.15, 0.2) is 35.6 Å². The first-order valence-corrected chi connectivity index (χ1v) is 4.70. The molecule has 0 amide bonds. The van der Waals surface area contributed by atoms with Gasteiger partial charge in [-0.2, -0.15) is 0 Å². The zero-order valence-electron chi connectivity index (χ0n) is 8.16. The van der Waals surface area contributed by atoms with E-state index in [4.69, 9.17) is 0 Å². The molecule has 2 heterocycles. The Bertz CT molecular complexity index is 460. The minimum absolute atomic E-state index is 0.0733. The van der Waals surface area contributed by atoms with Gasteiger partial charge in [-0.25, -0.2) is 4.98 Å². The average Bonchev–Trinajstić information content (AvgIpc) is 2.71. The third-order valence-electron chi connectivity index (χ3n) is 2.04. The van der Waals surface area contributed by atoms with Gasteiger partial charge in [-0.15, -0.1) is 0 Å². The highest BCUT2D eigenvalue weighted by molar-refractivity contribution is 5.09. The van der Waals surface area contributed by atoms with Crippen molar-refractivity contribution in [1.29, 1.82) is 0 Å². The quantitative estimate of drug-likeness (QED) is 0.674. The van der Waals surface area contributed by atoms with Gasteiger partial charge in [0, 0.05) is 37.2 Å². The summed E-state index contributed by atoms with van der Waals surface area (Å²) in [6, 6.07) is 3.46. The van der Waals surface area contributed by atoms with Crippen molar-refractivity contribution in [3.05, 3.63) is 52.5 Å². The lowest BCUT2D eigenvalue weighted by atomic mass is 10.2. The van der Waals surface area contributed by atoms with E-state index < -0.39 is 0 Å². The van der Waals surface area contributed by atoms with Crippen LogP contribution in [-0.4, -0.2) is 15.0 Å². The Morgan fingerprint density at radius 3 is 3.00 bits per heavy atom. The van der Waals surface area contributed by atoms with Crippen molar-refractivity contribution >= 4 is 0 Å². The van der Waals surface area contributed by atoms with Gasteiger partial charge < -0.3 is 15.3 Å². The van der Waals surface area contributed by atoms with Gasteiger partial charge in [0.05, 0.1) is 6.33 Å². The first kappa shape index (κ1) is 9.67. The molecule has 0 aliphatic rings. The number of aromatic amines is 2. The van der Waals surface area contributed by atoms with E-state index >= 15 is 0 Å². The van der Waals surface area contributed by atoms with Crippen LogP contribution in [0.1, 0.15) is 11.3 Å². The van der Waals surface area contributed by atoms with Gasteiger partial charge >= 0.3 is 0 Å². The lowest BCUT2D eigenvalue weighted by Crippen LogP contribution is -2.15. The molecule has 2 aromatic rings. The molecule has 0 saturated carbocycles. The fourth-order valence-corrected chi connectivity index (χ4v) is 1.32. The average molecular weight is 204 g/mol. The normalized spacial score (nSPS) is 10.4. The summed E-state index contributed by atoms with van der Waals surface area (Å²) >= 11 is 0. The number of hydrogen-bond acceptors (Lipinski definition) is 3. The first-order chi connectivity index (χ1) is 7.34. The van der Waals surface area contributed by atoms with Crippen molar-refractivity contribution < 1.29 is 0 Å². The molecule has 5 nitrogen and oxygen atoms in total. The molecule has 0 saturated heterocycles. The number of hydrogen-bond donors (Lipinski definition) is 3. The predicted molar refractivity (Wildman–Crippen MR) is 56.2 cm³/mol. The Morgan fingerprint density at radius 2 is 2.27 bits per heavy atom. The van der Waals surface area contributed by atoms with Crippen molar-refractivity contribution in [2.45, 2.75) is 13.1 Å². The Balaban J connectivity index is 1.86. The number of H-pyrrole nitrogens is 2. The lowest BCUT2D eigenvalue weighted by Gasteiger charge is -2.02. The number of imidazole rings is 1. The largest absolute Gasteiger partial charge is 0.347 e. The number of pyridine rings is 1. The van der Waals surface area contributed by atoms with Crippen LogP contribution in [0.25, 0.3) is 0 Å². The van der Waals surface area contributed by atoms with Crippen LogP contribution in [0.3, 0.4) is 0 Å². The van der Waals surface area contributed by atoms with Crippen LogP contribution in [-0.2, 0) is 13.1 Å². The third kappa shape index (κ3) is 2.78. The van der Waals surface area contributed by atoms with Crippen LogP contribution in [0.5, 0.6) is 0 Å². The number of nitrogens with one attached hydrogen (secondary N) is 3. The van der Waals surface area contributed by atoms with E-state index in [0.29, 0.717) is 13.1 Å². The van der Waals surface area contributed by atoms with Crippen molar-refractivity contribution in [3.63, 3.8) is 0 Å². The van der Waals surface area contributed by atoms with Gasteiger partial charge in [0.25, 0.3) is 0 Å². The van der Waals surface area contributed by atoms with E-state index in [-0.39, 0.29) is 5.56 Å². The SMILES string of the molecule is O=c1cc(CNCc2cnc[nH]2)cc[nH]1. The molecule has 5 heteroatoms. The zero-order chi connectivity index (χ0) is 10.5. The molecule has 2 aromatic heterocycles. The van der Waals surface area contributed by atoms with Crippen molar-refractivity contribution in [2.24, 2.45) is 0 Å². The highest BCUT2D eigenvalue weighted by atomic mass is 16.1. The number of aromatic nitrogens is 3. The summed E-state index contributed by atoms with van der Waals surface area (Å²) < 4.78 is 0. The van der Waals surface area contributed by atoms with Gasteiger partial charge in [0.1, 0.15) is 0 Å². The second kappa shape index (κ2) is 4.56. The molecular formula is C10H12N4O. The monoisotopic (exact) mass is 204 g/mol. The zero-order valence-corrected chi connectivity index (χ0v) is 8.16. The Kier molecular flexibility index (Phi) is 2.94. The van der Waals surface area contributed by atoms with Crippen LogP contribution >= 0.6 is 0 Å². The minimum Gasteiger partial charge on any atom is -0.347 e. The van der Waals surface area contributed by atoms with Crippen LogP contribution in [0.4, 0.5) is 0 Å². The molecule has 2 rings (SSSR count). The van der Waals surface area contributed by atoms with Crippen molar-refractivity contribution in [1.82, 2.24) is 20.3 Å². The summed E-state index contributed by atoms with van der Waals surface area (Å²) in [5.74, 6) is 0. The van der Waals surface area contributed by atoms with E-state index in [9.17, 15) is 4.79 Å². The molecule has 0 fully saturated rings. The molecule has 0 aliphatic carbocycles. The first-order valence-electron chi connectivity index (χ1n) is 4.70. The van der Waals surface area contributed by atoms with Gasteiger partial charge in [-0.05, 0) is 11.6 Å². The fraction of sp³-hybridized carbons (Fsp3) is 0.200. The smallest absolute Gasteiger partial charge is 0.248 e. The molecule has 78 valence electrons. The van der Waals surface area contributed by atoms with E-state index in [1.165, 1.54) is 0 Å². The molecule has 3 N–H and O–H groups in total. The molecule has 15 heavy (non-hydrogen) atoms. The Morgan fingerprint density at radius 1 is 1.33 bits per heavy atom. The van der Waals surface area contributed by atoms with Crippen LogP contribution < -0.4 is 10.9 Å². The molecule has 0 aliphatic heterocycles. The molecule has 0 aromatic carbocycles. The number of rotatable bonds is 4. The summed E-state index contributed by atoms with van der Waals surface area (Å²) in [7, 11) is 0. The summed E-state index contributed by atoms with van der Waals surface area (Å²) in [5.41, 5.74) is 1.92. The highest BCUT2D eigenvalue weighted by Crippen LogP contribution is 1.94. The second-order valence-electron chi connectivity index (χ2n) is 3.24. The standard InChI is InChI=1S/C10H12N4O/c15-10-3-8(1-2-13-10)4-11-5-9-6-12-7-14-9/h1-3,6-7,11H,4-5H2,(H,12,14)(H,13,15). The lowest BCUT2D eigenvalue weighted by molar-refractivity contribution is 0.681. The molecule has 0 spiro atoms. The topological polar surface area (TPSA) is 73.6 Å². The third-order valence-corrected chi connectivity index (χ3v) is 2.04. The summed E-state index contributed by atoms with van der Waals surface area (Å²) in [4.78, 5) is 20.5. The van der Waals surface area contributed by atoms with E-state index in [0.717, 1.165) is 11.3 Å². The van der Waals surface area contributed by atoms with Crippen LogP contribution in [0.2, 0.25) is 0 Å². The fourth-order valence-electron chi connectivity index (χ4n) is 1.32. The maximum Gasteiger partial charge on any atom is 0.248 e. The van der Waals surface area contributed by atoms with Crippen molar-refractivity contribution in [2.75, 3.05) is 0 Å². The summed E-state index contributed by atoms with van der Waals surface area (Å²) in [6.07, 6.45) is 5.06. The predicted octanol–water partition coefficient (Wildman–Crippen LogP) is 0.388. The molecule has 0 bridgehead atoms. The van der Waals surface area contributed by atoms with Gasteiger partial charge in [-0.3, -0.25) is 4.79 Å². The van der Waals surface area contributed by atoms with Gasteiger partial charge in [0.15, 0.2) is 0 Å². The maximum absolute atomic E-state index is 11.0. The number of nitrogens with zero attached hydrogens (tertiary/aromatic N) is 1. The summed E-state index contributed by atoms with van der Waals surface area (Å²) in [6.45, 7) is 1.38. The van der Waals surface area contributed by atoms with Crippen LogP contribution in [0, 0.1) is 0 Å². The van der Waals surface area contributed by atoms with E-state index in [2.05, 4.69) is 20.3 Å². The van der Waals surface area contributed by atoms with Gasteiger partial charge in [0.2, 0.25) is 5.56 Å². The molecular weight excluding hydrogens is 192 g/mol. The summed E-state index contributed by atoms with van der Waals surface area (Å²) in [5, 5.41) is 3.21. The molecule has 0 unspecified atom stereocenters. The van der Waals surface area contributed by atoms with E-state index in [1.54, 1.807) is 24.8 Å². The highest BCUT2D eigenvalue weighted by Gasteiger charge is 1.95. The maximum atomic E-state index is 11.0. The Labute approximate surface area is 86.6 Å². The molecule has 0 atom stereocenters. The van der Waals surface area contributed by atoms with Gasteiger partial charge in [-0.1, -0.05) is 0 Å². The molecule has 0 radical (unpaired) electrons. The van der Waals surface area contributed by atoms with E-state index in [1.807, 2.05) is 6.07 Å². The Hall–Kier alpha value is -1.88. The minimum atomic E-state index is -0.0733. The van der Waals surface area contributed by atoms with Crippen molar-refractivity contribution in [3.8, 4) is 0 Å². The second-order valence-corrected chi connectivity index (χ2v) is 3.24.